The maximum atomic E-state index is 12.2. The summed E-state index contributed by atoms with van der Waals surface area (Å²) in [5, 5.41) is 2.82. The number of anilines is 1. The molecule has 21 heavy (non-hydrogen) atoms. The first-order valence-corrected chi connectivity index (χ1v) is 6.97. The number of nitrogens with zero attached hydrogens (tertiary/aromatic N) is 1. The van der Waals surface area contributed by atoms with Crippen molar-refractivity contribution in [2.45, 2.75) is 6.54 Å². The number of rotatable bonds is 5. The summed E-state index contributed by atoms with van der Waals surface area (Å²) in [5.74, 6) is 6.13. The number of nitrogens with two attached hydrogens (primary N) is 1. The molecule has 7 heteroatoms. The van der Waals surface area contributed by atoms with Crippen LogP contribution in [-0.4, -0.2) is 18.0 Å². The molecule has 0 bridgehead atoms. The lowest BCUT2D eigenvalue weighted by atomic mass is 10.2. The lowest BCUT2D eigenvalue weighted by Gasteiger charge is -2.11. The van der Waals surface area contributed by atoms with Crippen LogP contribution >= 0.6 is 15.9 Å². The Balaban J connectivity index is 2.13. The van der Waals surface area contributed by atoms with Gasteiger partial charge in [0.1, 0.15) is 5.75 Å². The highest BCUT2D eigenvalue weighted by atomic mass is 79.9. The second-order valence-corrected chi connectivity index (χ2v) is 5.10. The smallest absolute Gasteiger partial charge is 0.255 e. The minimum Gasteiger partial charge on any atom is -0.496 e. The lowest BCUT2D eigenvalue weighted by molar-refractivity contribution is 0.0951. The van der Waals surface area contributed by atoms with E-state index in [1.807, 2.05) is 24.3 Å². The number of ether oxygens (including phenoxy) is 1. The van der Waals surface area contributed by atoms with Crippen LogP contribution in [0.1, 0.15) is 15.9 Å². The largest absolute Gasteiger partial charge is 0.496 e. The van der Waals surface area contributed by atoms with Crippen molar-refractivity contribution in [2.75, 3.05) is 12.5 Å². The van der Waals surface area contributed by atoms with Crippen LogP contribution in [0.3, 0.4) is 0 Å². The van der Waals surface area contributed by atoms with Crippen LogP contribution in [0.15, 0.2) is 41.0 Å². The standard InChI is InChI=1S/C14H15BrN4O2/c1-21-12-5-3-2-4-9(12)7-18-14(20)11-6-10(15)8-17-13(11)19-16/h2-6,8H,7,16H2,1H3,(H,17,19)(H,18,20). The van der Waals surface area contributed by atoms with Crippen LogP contribution < -0.4 is 21.3 Å². The number of nitrogens with one attached hydrogen (secondary N) is 2. The van der Waals surface area contributed by atoms with Crippen molar-refractivity contribution < 1.29 is 9.53 Å². The number of halogens is 1. The summed E-state index contributed by atoms with van der Waals surface area (Å²) < 4.78 is 5.94. The van der Waals surface area contributed by atoms with Crippen LogP contribution in [0.4, 0.5) is 5.82 Å². The Hall–Kier alpha value is -2.12. The van der Waals surface area contributed by atoms with Crippen molar-refractivity contribution >= 4 is 27.7 Å². The lowest BCUT2D eigenvalue weighted by Crippen LogP contribution is -2.25. The fourth-order valence-electron chi connectivity index (χ4n) is 1.85. The molecule has 0 spiro atoms. The van der Waals surface area contributed by atoms with Gasteiger partial charge in [0, 0.05) is 22.8 Å². The van der Waals surface area contributed by atoms with Crippen molar-refractivity contribution in [2.24, 2.45) is 5.84 Å². The van der Waals surface area contributed by atoms with E-state index in [1.54, 1.807) is 19.4 Å². The molecule has 0 radical (unpaired) electrons. The molecule has 2 rings (SSSR count). The number of nitrogen functional groups attached to an aromatic ring is 1. The SMILES string of the molecule is COc1ccccc1CNC(=O)c1cc(Br)cnc1NN. The van der Waals surface area contributed by atoms with E-state index in [0.29, 0.717) is 22.4 Å². The molecule has 0 unspecified atom stereocenters. The summed E-state index contributed by atoms with van der Waals surface area (Å²) in [4.78, 5) is 16.3. The maximum absolute atomic E-state index is 12.2. The summed E-state index contributed by atoms with van der Waals surface area (Å²) in [5.41, 5.74) is 3.66. The average molecular weight is 351 g/mol. The summed E-state index contributed by atoms with van der Waals surface area (Å²) in [6.07, 6.45) is 1.56. The molecule has 1 heterocycles. The second kappa shape index (κ2) is 7.05. The van der Waals surface area contributed by atoms with Gasteiger partial charge in [-0.1, -0.05) is 18.2 Å². The van der Waals surface area contributed by atoms with E-state index in [0.717, 1.165) is 11.3 Å². The maximum Gasteiger partial charge on any atom is 0.255 e. The van der Waals surface area contributed by atoms with Gasteiger partial charge in [-0.3, -0.25) is 4.79 Å². The van der Waals surface area contributed by atoms with Crippen molar-refractivity contribution in [3.8, 4) is 5.75 Å². The molecule has 1 amide bonds. The Kier molecular flexibility index (Phi) is 5.13. The molecule has 0 saturated heterocycles. The third-order valence-corrected chi connectivity index (χ3v) is 3.30. The molecule has 0 aliphatic heterocycles. The van der Waals surface area contributed by atoms with Gasteiger partial charge in [-0.2, -0.15) is 0 Å². The van der Waals surface area contributed by atoms with Crippen LogP contribution in [0.2, 0.25) is 0 Å². The third kappa shape index (κ3) is 3.71. The average Bonchev–Trinajstić information content (AvgIpc) is 2.52. The summed E-state index contributed by atoms with van der Waals surface area (Å²) in [6, 6.07) is 9.14. The van der Waals surface area contributed by atoms with Gasteiger partial charge in [0.05, 0.1) is 12.7 Å². The minimum atomic E-state index is -0.275. The van der Waals surface area contributed by atoms with Gasteiger partial charge >= 0.3 is 0 Å². The molecule has 2 aromatic rings. The highest BCUT2D eigenvalue weighted by Crippen LogP contribution is 2.19. The van der Waals surface area contributed by atoms with Crippen molar-refractivity contribution in [1.82, 2.24) is 10.3 Å². The van der Waals surface area contributed by atoms with Crippen molar-refractivity contribution in [1.29, 1.82) is 0 Å². The van der Waals surface area contributed by atoms with E-state index in [9.17, 15) is 4.79 Å². The number of hydrazine groups is 1. The van der Waals surface area contributed by atoms with E-state index in [-0.39, 0.29) is 5.91 Å². The van der Waals surface area contributed by atoms with Gasteiger partial charge in [-0.15, -0.1) is 0 Å². The number of aromatic nitrogens is 1. The van der Waals surface area contributed by atoms with E-state index in [2.05, 4.69) is 31.7 Å². The number of amides is 1. The van der Waals surface area contributed by atoms with Crippen LogP contribution in [0, 0.1) is 0 Å². The van der Waals surface area contributed by atoms with Gasteiger partial charge in [0.15, 0.2) is 5.82 Å². The monoisotopic (exact) mass is 350 g/mol. The highest BCUT2D eigenvalue weighted by molar-refractivity contribution is 9.10. The number of carbonyl (C=O) groups excluding carboxylic acids is 1. The zero-order valence-electron chi connectivity index (χ0n) is 11.4. The number of para-hydroxylation sites is 1. The highest BCUT2D eigenvalue weighted by Gasteiger charge is 2.13. The van der Waals surface area contributed by atoms with Crippen LogP contribution in [-0.2, 0) is 6.54 Å². The molecule has 0 aliphatic rings. The predicted molar refractivity (Wildman–Crippen MR) is 83.9 cm³/mol. The van der Waals surface area contributed by atoms with Gasteiger partial charge in [0.2, 0.25) is 0 Å². The Morgan fingerprint density at radius 1 is 1.43 bits per heavy atom. The molecule has 0 saturated carbocycles. The van der Waals surface area contributed by atoms with E-state index < -0.39 is 0 Å². The molecule has 6 nitrogen and oxygen atoms in total. The Morgan fingerprint density at radius 2 is 2.19 bits per heavy atom. The zero-order chi connectivity index (χ0) is 15.2. The molecule has 0 atom stereocenters. The van der Waals surface area contributed by atoms with Gasteiger partial charge < -0.3 is 15.5 Å². The number of hydrogen-bond donors (Lipinski definition) is 3. The normalized spacial score (nSPS) is 10.0. The third-order valence-electron chi connectivity index (χ3n) is 2.87. The van der Waals surface area contributed by atoms with Gasteiger partial charge in [0.25, 0.3) is 5.91 Å². The number of benzene rings is 1. The number of hydrogen-bond acceptors (Lipinski definition) is 5. The Morgan fingerprint density at radius 3 is 2.90 bits per heavy atom. The number of pyridine rings is 1. The number of methoxy groups -OCH3 is 1. The molecule has 4 N–H and O–H groups in total. The van der Waals surface area contributed by atoms with Crippen molar-refractivity contribution in [3.63, 3.8) is 0 Å². The minimum absolute atomic E-state index is 0.275. The van der Waals surface area contributed by atoms with E-state index in [4.69, 9.17) is 10.6 Å². The summed E-state index contributed by atoms with van der Waals surface area (Å²) in [7, 11) is 1.59. The van der Waals surface area contributed by atoms with Gasteiger partial charge in [-0.05, 0) is 28.1 Å². The van der Waals surface area contributed by atoms with E-state index in [1.165, 1.54) is 0 Å². The molecular weight excluding hydrogens is 336 g/mol. The first kappa shape index (κ1) is 15.3. The second-order valence-electron chi connectivity index (χ2n) is 4.19. The molecule has 1 aromatic carbocycles. The van der Waals surface area contributed by atoms with Gasteiger partial charge in [-0.25, -0.2) is 10.8 Å². The molecule has 1 aromatic heterocycles. The Labute approximate surface area is 130 Å². The quantitative estimate of drug-likeness (QED) is 0.567. The summed E-state index contributed by atoms with van der Waals surface area (Å²) in [6.45, 7) is 0.347. The fraction of sp³-hybridized carbons (Fsp3) is 0.143. The van der Waals surface area contributed by atoms with E-state index >= 15 is 0 Å². The predicted octanol–water partition coefficient (Wildman–Crippen LogP) is 2.07. The first-order chi connectivity index (χ1) is 10.2. The Bertz CT molecular complexity index is 649. The summed E-state index contributed by atoms with van der Waals surface area (Å²) >= 11 is 3.28. The topological polar surface area (TPSA) is 89.3 Å². The van der Waals surface area contributed by atoms with Crippen LogP contribution in [0.25, 0.3) is 0 Å². The molecular formula is C14H15BrN4O2. The van der Waals surface area contributed by atoms with Crippen LogP contribution in [0.5, 0.6) is 5.75 Å². The molecule has 110 valence electrons. The van der Waals surface area contributed by atoms with Crippen molar-refractivity contribution in [3.05, 3.63) is 52.1 Å². The fourth-order valence-corrected chi connectivity index (χ4v) is 2.18. The molecule has 0 fully saturated rings. The zero-order valence-corrected chi connectivity index (χ0v) is 13.0. The number of carbonyl (C=O) groups is 1. The molecule has 0 aliphatic carbocycles. The first-order valence-electron chi connectivity index (χ1n) is 6.18.